The molecule has 0 fully saturated rings. The molecule has 300 valence electrons. The highest BCUT2D eigenvalue weighted by atomic mass is 15.2. The molecule has 10 aromatic carbocycles. The topological polar surface area (TPSA) is 11.4 Å². The summed E-state index contributed by atoms with van der Waals surface area (Å²) in [6.07, 6.45) is 0. The molecule has 0 amide bonds. The van der Waals surface area contributed by atoms with Crippen LogP contribution in [0.2, 0.25) is 0 Å². The first kappa shape index (κ1) is 31.4. The van der Waals surface area contributed by atoms with Crippen LogP contribution in [0.1, 0.15) is 29.1 Å². The zero-order chi connectivity index (χ0) is 46.5. The first-order valence-corrected chi connectivity index (χ1v) is 21.7. The summed E-state index contributed by atoms with van der Waals surface area (Å²) < 4.78 is 46.3. The minimum atomic E-state index is -0.710. The molecule has 1 atom stereocenters. The van der Waals surface area contributed by atoms with Gasteiger partial charge in [-0.05, 0) is 135 Å². The smallest absolute Gasteiger partial charge is 0.0726 e. The van der Waals surface area contributed by atoms with Gasteiger partial charge in [-0.25, -0.2) is 0 Å². The Kier molecular flexibility index (Phi) is 7.04. The van der Waals surface area contributed by atoms with Gasteiger partial charge in [0.05, 0.1) is 29.0 Å². The van der Waals surface area contributed by atoms with Crippen molar-refractivity contribution in [1.29, 1.82) is 0 Å². The van der Waals surface area contributed by atoms with Gasteiger partial charge in [-0.3, -0.25) is 0 Å². The molecule has 1 heterocycles. The Bertz CT molecular complexity index is 3840. The van der Waals surface area contributed by atoms with Gasteiger partial charge in [0.15, 0.2) is 0 Å². The van der Waals surface area contributed by atoms with Crippen molar-refractivity contribution in [3.8, 4) is 27.9 Å². The first-order chi connectivity index (χ1) is 33.9. The molecule has 1 unspecified atom stereocenters. The van der Waals surface area contributed by atoms with Gasteiger partial charge in [0.25, 0.3) is 0 Å². The van der Waals surface area contributed by atoms with Crippen molar-refractivity contribution < 1.29 is 6.85 Å². The van der Waals surface area contributed by atoms with Crippen LogP contribution in [0.4, 0.5) is 34.1 Å². The van der Waals surface area contributed by atoms with E-state index in [9.17, 15) is 0 Å². The van der Waals surface area contributed by atoms with Gasteiger partial charge >= 0.3 is 0 Å². The standard InChI is InChI=1S/C61H41N3/c1-5-20-42(21-6-1)62(43-22-7-2-8-23-43)46-37-39-55-52(40-46)49-29-14-17-32-54(49)61(55)53-31-16-13-28-48(53)50-38-36-47(41-56(50)61)63(44-24-9-3-10-25-44)58-34-19-35-59-60(58)51-30-15-18-33-57(51)64(59)45-26-11-4-12-27-45/h1-41H/i1D,5D,6D,20D,21D. The van der Waals surface area contributed by atoms with E-state index in [0.717, 1.165) is 67.0 Å². The Morgan fingerprint density at radius 3 is 1.64 bits per heavy atom. The van der Waals surface area contributed by atoms with Crippen molar-refractivity contribution in [2.24, 2.45) is 0 Å². The fourth-order valence-corrected chi connectivity index (χ4v) is 10.8. The zero-order valence-electron chi connectivity index (χ0n) is 39.6. The molecule has 0 aliphatic heterocycles. The van der Waals surface area contributed by atoms with Crippen LogP contribution in [0.3, 0.4) is 0 Å². The number of aromatic nitrogens is 1. The average Bonchev–Trinajstić information content (AvgIpc) is 4.01. The van der Waals surface area contributed by atoms with E-state index in [1.54, 1.807) is 4.90 Å². The van der Waals surface area contributed by atoms with Crippen LogP contribution in [0.5, 0.6) is 0 Å². The number of hydrogen-bond donors (Lipinski definition) is 0. The molecule has 64 heavy (non-hydrogen) atoms. The number of anilines is 6. The normalized spacial score (nSPS) is 15.4. The monoisotopic (exact) mass is 820 g/mol. The Morgan fingerprint density at radius 1 is 0.359 bits per heavy atom. The third-order valence-corrected chi connectivity index (χ3v) is 13.2. The van der Waals surface area contributed by atoms with Crippen molar-refractivity contribution in [3.63, 3.8) is 0 Å². The molecular weight excluding hydrogens is 775 g/mol. The molecule has 0 N–H and O–H groups in total. The minimum Gasteiger partial charge on any atom is -0.310 e. The molecule has 3 heteroatoms. The SMILES string of the molecule is [2H]c1c([2H])c([2H])c(N(c2ccccc2)c2ccc3c(c2)-c2ccccc2C32c3ccccc3-c3ccc(N(c4ccccc4)c4cccc5c4c4ccccc4n5-c4ccccc4)cc32)c([2H])c1[2H]. The fraction of sp³-hybridized carbons (Fsp3) is 0.0164. The lowest BCUT2D eigenvalue weighted by atomic mass is 9.70. The van der Waals surface area contributed by atoms with Crippen LogP contribution >= 0.6 is 0 Å². The summed E-state index contributed by atoms with van der Waals surface area (Å²) in [5, 5.41) is 2.33. The van der Waals surface area contributed by atoms with E-state index in [4.69, 9.17) is 6.85 Å². The van der Waals surface area contributed by atoms with Crippen LogP contribution in [-0.2, 0) is 5.41 Å². The van der Waals surface area contributed by atoms with Crippen LogP contribution in [-0.4, -0.2) is 4.57 Å². The molecule has 11 aromatic rings. The Labute approximate surface area is 380 Å². The molecular formula is C61H41N3. The second-order valence-electron chi connectivity index (χ2n) is 16.5. The molecule has 2 aliphatic rings. The quantitative estimate of drug-likeness (QED) is 0.159. The third kappa shape index (κ3) is 5.22. The fourth-order valence-electron chi connectivity index (χ4n) is 10.8. The zero-order valence-corrected chi connectivity index (χ0v) is 34.6. The molecule has 0 saturated carbocycles. The third-order valence-electron chi connectivity index (χ3n) is 13.2. The second kappa shape index (κ2) is 14.3. The summed E-state index contributed by atoms with van der Waals surface area (Å²) in [4.78, 5) is 4.21. The Hall–Kier alpha value is -8.40. The molecule has 2 aliphatic carbocycles. The maximum atomic E-state index is 9.11. The van der Waals surface area contributed by atoms with Gasteiger partial charge in [-0.2, -0.15) is 0 Å². The van der Waals surface area contributed by atoms with Crippen LogP contribution in [0, 0.1) is 0 Å². The van der Waals surface area contributed by atoms with Gasteiger partial charge in [0, 0.05) is 44.9 Å². The average molecular weight is 821 g/mol. The summed E-state index contributed by atoms with van der Waals surface area (Å²) in [6.45, 7) is 0. The lowest BCUT2D eigenvalue weighted by Crippen LogP contribution is -2.26. The molecule has 1 aromatic heterocycles. The number of nitrogens with zero attached hydrogens (tertiary/aromatic N) is 3. The molecule has 13 rings (SSSR count). The van der Waals surface area contributed by atoms with Crippen molar-refractivity contribution in [2.45, 2.75) is 5.41 Å². The van der Waals surface area contributed by atoms with E-state index < -0.39 is 11.5 Å². The summed E-state index contributed by atoms with van der Waals surface area (Å²) in [6, 6.07) is 75.1. The summed E-state index contributed by atoms with van der Waals surface area (Å²) in [5.41, 5.74) is 16.3. The van der Waals surface area contributed by atoms with E-state index in [-0.39, 0.29) is 29.9 Å². The van der Waals surface area contributed by atoms with Crippen LogP contribution in [0.15, 0.2) is 249 Å². The van der Waals surface area contributed by atoms with E-state index in [0.29, 0.717) is 11.4 Å². The van der Waals surface area contributed by atoms with E-state index in [2.05, 4.69) is 191 Å². The van der Waals surface area contributed by atoms with Crippen molar-refractivity contribution in [2.75, 3.05) is 9.80 Å². The molecule has 0 bridgehead atoms. The van der Waals surface area contributed by atoms with E-state index in [1.165, 1.54) is 22.1 Å². The van der Waals surface area contributed by atoms with Gasteiger partial charge in [0.1, 0.15) is 0 Å². The lowest BCUT2D eigenvalue weighted by Gasteiger charge is -2.33. The predicted octanol–water partition coefficient (Wildman–Crippen LogP) is 16.1. The Morgan fingerprint density at radius 2 is 0.906 bits per heavy atom. The molecule has 1 spiro atoms. The summed E-state index contributed by atoms with van der Waals surface area (Å²) in [7, 11) is 0. The van der Waals surface area contributed by atoms with Gasteiger partial charge in [-0.1, -0.05) is 158 Å². The number of para-hydroxylation sites is 5. The summed E-state index contributed by atoms with van der Waals surface area (Å²) >= 11 is 0. The number of fused-ring (bicyclic) bond motifs is 13. The number of benzene rings is 10. The van der Waals surface area contributed by atoms with Crippen molar-refractivity contribution in [1.82, 2.24) is 4.57 Å². The van der Waals surface area contributed by atoms with Gasteiger partial charge in [-0.15, -0.1) is 0 Å². The van der Waals surface area contributed by atoms with Crippen molar-refractivity contribution in [3.05, 3.63) is 271 Å². The highest BCUT2D eigenvalue weighted by Crippen LogP contribution is 2.64. The van der Waals surface area contributed by atoms with Crippen molar-refractivity contribution >= 4 is 55.9 Å². The molecule has 0 saturated heterocycles. The maximum Gasteiger partial charge on any atom is 0.0726 e. The number of hydrogen-bond acceptors (Lipinski definition) is 2. The first-order valence-electron chi connectivity index (χ1n) is 24.2. The van der Waals surface area contributed by atoms with Crippen LogP contribution < -0.4 is 9.80 Å². The molecule has 3 nitrogen and oxygen atoms in total. The van der Waals surface area contributed by atoms with Gasteiger partial charge in [0.2, 0.25) is 0 Å². The summed E-state index contributed by atoms with van der Waals surface area (Å²) in [5.74, 6) is 0. The lowest BCUT2D eigenvalue weighted by molar-refractivity contribution is 0.793. The highest BCUT2D eigenvalue weighted by molar-refractivity contribution is 6.16. The molecule has 0 radical (unpaired) electrons. The predicted molar refractivity (Wildman–Crippen MR) is 266 cm³/mol. The minimum absolute atomic E-state index is 0.0947. The largest absolute Gasteiger partial charge is 0.310 e. The Balaban J connectivity index is 1.06. The number of rotatable bonds is 7. The van der Waals surface area contributed by atoms with Gasteiger partial charge < -0.3 is 14.4 Å². The maximum absolute atomic E-state index is 9.11. The second-order valence-corrected chi connectivity index (χ2v) is 16.5. The van der Waals surface area contributed by atoms with Crippen LogP contribution in [0.25, 0.3) is 49.7 Å². The van der Waals surface area contributed by atoms with E-state index >= 15 is 0 Å². The van der Waals surface area contributed by atoms with E-state index in [1.807, 2.05) is 36.4 Å². The highest BCUT2D eigenvalue weighted by Gasteiger charge is 2.52.